The van der Waals surface area contributed by atoms with Crippen LogP contribution in [0, 0.1) is 16.0 Å². The molecule has 3 atom stereocenters. The number of allylic oxidation sites excluding steroid dienone is 2. The lowest BCUT2D eigenvalue weighted by molar-refractivity contribution is -0.384. The average molecular weight is 495 g/mol. The minimum Gasteiger partial charge on any atom is -0.460 e. The molecule has 0 aromatic heterocycles. The number of hydrogen-bond donors (Lipinski definition) is 0. The smallest absolute Gasteiger partial charge is 0.315 e. The molecule has 1 aliphatic carbocycles. The van der Waals surface area contributed by atoms with Crippen LogP contribution in [0.25, 0.3) is 0 Å². The van der Waals surface area contributed by atoms with Crippen LogP contribution in [0.4, 0.5) is 5.69 Å². The van der Waals surface area contributed by atoms with Crippen molar-refractivity contribution in [3.63, 3.8) is 0 Å². The highest BCUT2D eigenvalue weighted by atomic mass is 16.6. The molecule has 0 bridgehead atoms. The zero-order chi connectivity index (χ0) is 25.9. The number of ether oxygens (including phenoxy) is 1. The summed E-state index contributed by atoms with van der Waals surface area (Å²) in [4.78, 5) is 43.0. The maximum Gasteiger partial charge on any atom is 0.315 e. The number of carbonyl (C=O) groups excluding carboxylic acids is 2. The first-order valence-corrected chi connectivity index (χ1v) is 12.2. The fourth-order valence-corrected chi connectivity index (χ4v) is 5.34. The first-order chi connectivity index (χ1) is 17.9. The molecule has 0 saturated heterocycles. The number of carbonyl (C=O) groups is 2. The van der Waals surface area contributed by atoms with Crippen molar-refractivity contribution in [1.29, 1.82) is 0 Å². The Morgan fingerprint density at radius 3 is 2.35 bits per heavy atom. The van der Waals surface area contributed by atoms with Gasteiger partial charge in [0.1, 0.15) is 12.5 Å². The second-order valence-electron chi connectivity index (χ2n) is 9.45. The van der Waals surface area contributed by atoms with Crippen LogP contribution in [0.15, 0.2) is 101 Å². The van der Waals surface area contributed by atoms with E-state index in [1.54, 1.807) is 19.1 Å². The van der Waals surface area contributed by atoms with Gasteiger partial charge in [0.2, 0.25) is 0 Å². The molecule has 1 unspecified atom stereocenters. The molecule has 3 aromatic carbocycles. The van der Waals surface area contributed by atoms with Gasteiger partial charge in [0.05, 0.1) is 4.92 Å². The number of aliphatic imine (C=N–C) groups is 1. The third-order valence-electron chi connectivity index (χ3n) is 7.08. The molecular formula is C30H26N2O5. The first kappa shape index (κ1) is 24.3. The molecule has 7 nitrogen and oxygen atoms in total. The molecule has 186 valence electrons. The summed E-state index contributed by atoms with van der Waals surface area (Å²) in [7, 11) is 0. The highest BCUT2D eigenvalue weighted by molar-refractivity contribution is 6.09. The fourth-order valence-electron chi connectivity index (χ4n) is 5.34. The Bertz CT molecular complexity index is 1410. The number of nitrogens with zero attached hydrogens (tertiary/aromatic N) is 2. The Morgan fingerprint density at radius 2 is 1.65 bits per heavy atom. The van der Waals surface area contributed by atoms with Crippen LogP contribution in [0.1, 0.15) is 48.3 Å². The predicted octanol–water partition coefficient (Wildman–Crippen LogP) is 5.91. The lowest BCUT2D eigenvalue weighted by Crippen LogP contribution is -2.38. The van der Waals surface area contributed by atoms with Gasteiger partial charge < -0.3 is 4.74 Å². The van der Waals surface area contributed by atoms with Crippen molar-refractivity contribution in [3.8, 4) is 0 Å². The number of nitro groups is 1. The number of benzene rings is 3. The second kappa shape index (κ2) is 10.3. The summed E-state index contributed by atoms with van der Waals surface area (Å²) < 4.78 is 5.69. The molecular weight excluding hydrogens is 468 g/mol. The van der Waals surface area contributed by atoms with Gasteiger partial charge in [-0.2, -0.15) is 0 Å². The van der Waals surface area contributed by atoms with Gasteiger partial charge >= 0.3 is 5.97 Å². The van der Waals surface area contributed by atoms with Crippen LogP contribution in [0.2, 0.25) is 0 Å². The van der Waals surface area contributed by atoms with Crippen LogP contribution in [-0.2, 0) is 20.9 Å². The molecule has 0 fully saturated rings. The molecule has 3 aromatic rings. The highest BCUT2D eigenvalue weighted by Crippen LogP contribution is 2.47. The van der Waals surface area contributed by atoms with Crippen LogP contribution in [-0.4, -0.2) is 22.4 Å². The maximum atomic E-state index is 13.7. The van der Waals surface area contributed by atoms with Gasteiger partial charge in [0, 0.05) is 41.5 Å². The molecule has 1 aliphatic heterocycles. The van der Waals surface area contributed by atoms with Gasteiger partial charge in [-0.15, -0.1) is 0 Å². The Kier molecular flexibility index (Phi) is 6.77. The van der Waals surface area contributed by atoms with E-state index >= 15 is 0 Å². The van der Waals surface area contributed by atoms with Crippen molar-refractivity contribution in [1.82, 2.24) is 0 Å². The van der Waals surface area contributed by atoms with E-state index in [0.717, 1.165) is 11.1 Å². The van der Waals surface area contributed by atoms with Gasteiger partial charge in [0.15, 0.2) is 5.78 Å². The number of ketones is 1. The average Bonchev–Trinajstić information content (AvgIpc) is 2.92. The lowest BCUT2D eigenvalue weighted by Gasteiger charge is -2.36. The van der Waals surface area contributed by atoms with Gasteiger partial charge in [-0.25, -0.2) is 0 Å². The molecule has 0 saturated carbocycles. The van der Waals surface area contributed by atoms with Gasteiger partial charge in [-0.05, 0) is 36.0 Å². The number of nitro benzene ring substituents is 1. The second-order valence-corrected chi connectivity index (χ2v) is 9.45. The molecule has 1 heterocycles. The third kappa shape index (κ3) is 4.98. The Labute approximate surface area is 214 Å². The number of hydrogen-bond acceptors (Lipinski definition) is 6. The van der Waals surface area contributed by atoms with Crippen molar-refractivity contribution in [2.45, 2.75) is 38.2 Å². The summed E-state index contributed by atoms with van der Waals surface area (Å²) in [5, 5.41) is 11.5. The Hall–Kier alpha value is -4.39. The normalized spacial score (nSPS) is 21.2. The minimum atomic E-state index is -0.860. The van der Waals surface area contributed by atoms with Gasteiger partial charge in [0.25, 0.3) is 5.69 Å². The van der Waals surface area contributed by atoms with E-state index < -0.39 is 22.7 Å². The van der Waals surface area contributed by atoms with E-state index in [-0.39, 0.29) is 30.4 Å². The van der Waals surface area contributed by atoms with Crippen molar-refractivity contribution in [2.75, 3.05) is 0 Å². The molecule has 2 aliphatic rings. The van der Waals surface area contributed by atoms with E-state index in [0.29, 0.717) is 29.0 Å². The van der Waals surface area contributed by atoms with E-state index in [2.05, 4.69) is 0 Å². The molecule has 0 spiro atoms. The zero-order valence-corrected chi connectivity index (χ0v) is 20.4. The molecule has 5 rings (SSSR count). The highest BCUT2D eigenvalue weighted by Gasteiger charge is 2.45. The van der Waals surface area contributed by atoms with Crippen LogP contribution < -0.4 is 0 Å². The molecule has 0 N–H and O–H groups in total. The topological polar surface area (TPSA) is 98.9 Å². The van der Waals surface area contributed by atoms with Crippen LogP contribution >= 0.6 is 0 Å². The monoisotopic (exact) mass is 494 g/mol. The minimum absolute atomic E-state index is 0.0173. The Morgan fingerprint density at radius 1 is 0.973 bits per heavy atom. The number of rotatable bonds is 6. The summed E-state index contributed by atoms with van der Waals surface area (Å²) in [6.45, 7) is 1.85. The van der Waals surface area contributed by atoms with Crippen LogP contribution in [0.3, 0.4) is 0 Å². The third-order valence-corrected chi connectivity index (χ3v) is 7.08. The molecule has 0 radical (unpaired) electrons. The maximum absolute atomic E-state index is 13.7. The summed E-state index contributed by atoms with van der Waals surface area (Å²) in [6.07, 6.45) is 0.842. The quantitative estimate of drug-likeness (QED) is 0.241. The van der Waals surface area contributed by atoms with Crippen molar-refractivity contribution >= 4 is 23.2 Å². The zero-order valence-electron chi connectivity index (χ0n) is 20.4. The summed E-state index contributed by atoms with van der Waals surface area (Å²) in [6, 6.07) is 25.3. The van der Waals surface area contributed by atoms with Crippen molar-refractivity contribution in [3.05, 3.63) is 123 Å². The van der Waals surface area contributed by atoms with E-state index in [1.165, 1.54) is 12.1 Å². The van der Waals surface area contributed by atoms with Gasteiger partial charge in [-0.1, -0.05) is 72.8 Å². The molecule has 0 amide bonds. The fraction of sp³-hybridized carbons (Fsp3) is 0.233. The van der Waals surface area contributed by atoms with E-state index in [4.69, 9.17) is 9.73 Å². The van der Waals surface area contributed by atoms with E-state index in [9.17, 15) is 19.7 Å². The largest absolute Gasteiger partial charge is 0.460 e. The van der Waals surface area contributed by atoms with Crippen molar-refractivity contribution < 1.29 is 19.2 Å². The summed E-state index contributed by atoms with van der Waals surface area (Å²) in [5.74, 6) is -2.19. The SMILES string of the molecule is CC1=NC2=C(C(=O)C[C@H](c3ccccc3)C2)[C@@H](c2cccc([N+](=O)[O-])c2)C1C(=O)OCc1ccccc1. The molecule has 37 heavy (non-hydrogen) atoms. The lowest BCUT2D eigenvalue weighted by atomic mass is 9.69. The standard InChI is InChI=1S/C30H26N2O5/c1-19-27(30(34)37-18-20-9-4-2-5-10-20)28(22-13-8-14-24(15-22)32(35)36)29-25(31-19)16-23(17-26(29)33)21-11-6-3-7-12-21/h2-15,23,27-28H,16-18H2,1H3/t23-,27?,28+/m1/s1. The van der Waals surface area contributed by atoms with Crippen molar-refractivity contribution in [2.24, 2.45) is 10.9 Å². The van der Waals surface area contributed by atoms with E-state index in [1.807, 2.05) is 60.7 Å². The number of esters is 1. The predicted molar refractivity (Wildman–Crippen MR) is 139 cm³/mol. The van der Waals surface area contributed by atoms with Crippen LogP contribution in [0.5, 0.6) is 0 Å². The Balaban J connectivity index is 1.54. The summed E-state index contributed by atoms with van der Waals surface area (Å²) in [5.41, 5.74) is 3.98. The first-order valence-electron chi connectivity index (χ1n) is 12.2. The van der Waals surface area contributed by atoms with Gasteiger partial charge in [-0.3, -0.25) is 24.7 Å². The summed E-state index contributed by atoms with van der Waals surface area (Å²) >= 11 is 0. The number of Topliss-reactive ketones (excluding diaryl/α,β-unsaturated/α-hetero) is 1. The number of non-ortho nitro benzene ring substituents is 1. The molecule has 7 heteroatoms.